The average Bonchev–Trinajstić information content (AvgIpc) is 2.82. The molecule has 1 heterocycles. The van der Waals surface area contributed by atoms with Crippen LogP contribution in [0.15, 0.2) is 84.9 Å². The molecule has 0 saturated carbocycles. The van der Waals surface area contributed by atoms with Crippen molar-refractivity contribution in [1.29, 1.82) is 0 Å². The lowest BCUT2D eigenvalue weighted by Crippen LogP contribution is -2.27. The number of benzene rings is 3. The molecule has 0 spiro atoms. The van der Waals surface area contributed by atoms with Crippen molar-refractivity contribution in [3.63, 3.8) is 0 Å². The molecule has 160 valence electrons. The third kappa shape index (κ3) is 5.06. The number of rotatable bonds is 7. The van der Waals surface area contributed by atoms with Crippen LogP contribution in [-0.4, -0.2) is 22.4 Å². The SMILES string of the molecule is Cc1nc(-c2ccccc2)nc(-c2cccc(F)c2)c1C(=O)NCCCc1ccccc1. The van der Waals surface area contributed by atoms with Gasteiger partial charge in [-0.05, 0) is 37.5 Å². The van der Waals surface area contributed by atoms with Gasteiger partial charge >= 0.3 is 0 Å². The van der Waals surface area contributed by atoms with Crippen LogP contribution in [0.3, 0.4) is 0 Å². The Bertz CT molecular complexity index is 1210. The molecule has 4 aromatic rings. The molecule has 0 fully saturated rings. The van der Waals surface area contributed by atoms with Gasteiger partial charge in [-0.15, -0.1) is 0 Å². The minimum atomic E-state index is -0.380. The highest BCUT2D eigenvalue weighted by Crippen LogP contribution is 2.27. The Morgan fingerprint density at radius 1 is 0.875 bits per heavy atom. The average molecular weight is 426 g/mol. The molecule has 4 rings (SSSR count). The third-order valence-electron chi connectivity index (χ3n) is 5.22. The summed E-state index contributed by atoms with van der Waals surface area (Å²) >= 11 is 0. The summed E-state index contributed by atoms with van der Waals surface area (Å²) in [6.45, 7) is 2.31. The van der Waals surface area contributed by atoms with E-state index in [1.54, 1.807) is 19.1 Å². The second-order valence-corrected chi connectivity index (χ2v) is 7.58. The highest BCUT2D eigenvalue weighted by Gasteiger charge is 2.20. The van der Waals surface area contributed by atoms with Gasteiger partial charge in [0, 0.05) is 17.7 Å². The largest absolute Gasteiger partial charge is 0.352 e. The van der Waals surface area contributed by atoms with Crippen LogP contribution in [0, 0.1) is 12.7 Å². The summed E-state index contributed by atoms with van der Waals surface area (Å²) in [5.74, 6) is -0.133. The molecule has 0 unspecified atom stereocenters. The van der Waals surface area contributed by atoms with E-state index in [2.05, 4.69) is 27.4 Å². The van der Waals surface area contributed by atoms with Crippen LogP contribution in [0.4, 0.5) is 4.39 Å². The van der Waals surface area contributed by atoms with Crippen LogP contribution in [-0.2, 0) is 6.42 Å². The summed E-state index contributed by atoms with van der Waals surface area (Å²) < 4.78 is 14.0. The first-order chi connectivity index (χ1) is 15.6. The molecular weight excluding hydrogens is 401 g/mol. The number of hydrogen-bond donors (Lipinski definition) is 1. The van der Waals surface area contributed by atoms with E-state index in [0.29, 0.717) is 34.9 Å². The van der Waals surface area contributed by atoms with Crippen molar-refractivity contribution >= 4 is 5.91 Å². The fourth-order valence-electron chi connectivity index (χ4n) is 3.63. The van der Waals surface area contributed by atoms with E-state index in [1.807, 2.05) is 48.5 Å². The molecule has 0 bridgehead atoms. The third-order valence-corrected chi connectivity index (χ3v) is 5.22. The second-order valence-electron chi connectivity index (χ2n) is 7.58. The Morgan fingerprint density at radius 3 is 2.28 bits per heavy atom. The van der Waals surface area contributed by atoms with Gasteiger partial charge in [-0.25, -0.2) is 14.4 Å². The summed E-state index contributed by atoms with van der Waals surface area (Å²) in [5, 5.41) is 2.98. The van der Waals surface area contributed by atoms with E-state index in [0.717, 1.165) is 18.4 Å². The first-order valence-electron chi connectivity index (χ1n) is 10.6. The predicted octanol–water partition coefficient (Wildman–Crippen LogP) is 5.62. The van der Waals surface area contributed by atoms with Crippen molar-refractivity contribution in [3.05, 3.63) is 108 Å². The van der Waals surface area contributed by atoms with Crippen molar-refractivity contribution < 1.29 is 9.18 Å². The maximum atomic E-state index is 14.0. The molecular formula is C27H24FN3O. The monoisotopic (exact) mass is 425 g/mol. The number of nitrogens with one attached hydrogen (secondary N) is 1. The zero-order valence-electron chi connectivity index (χ0n) is 17.9. The summed E-state index contributed by atoms with van der Waals surface area (Å²) in [6, 6.07) is 25.8. The number of amides is 1. The number of aryl methyl sites for hydroxylation is 2. The zero-order valence-corrected chi connectivity index (χ0v) is 17.9. The van der Waals surface area contributed by atoms with E-state index in [9.17, 15) is 9.18 Å². The Balaban J connectivity index is 1.62. The fraction of sp³-hybridized carbons (Fsp3) is 0.148. The predicted molar refractivity (Wildman–Crippen MR) is 125 cm³/mol. The summed E-state index contributed by atoms with van der Waals surface area (Å²) in [6.07, 6.45) is 1.69. The molecule has 0 aliphatic rings. The molecule has 5 heteroatoms. The van der Waals surface area contributed by atoms with Gasteiger partial charge in [0.05, 0.1) is 17.0 Å². The molecule has 4 nitrogen and oxygen atoms in total. The van der Waals surface area contributed by atoms with Gasteiger partial charge in [-0.2, -0.15) is 0 Å². The molecule has 0 aliphatic carbocycles. The Labute approximate surface area is 187 Å². The van der Waals surface area contributed by atoms with Crippen molar-refractivity contribution in [2.45, 2.75) is 19.8 Å². The fourth-order valence-corrected chi connectivity index (χ4v) is 3.63. The number of nitrogens with zero attached hydrogens (tertiary/aromatic N) is 2. The summed E-state index contributed by atoms with van der Waals surface area (Å²) in [7, 11) is 0. The normalized spacial score (nSPS) is 10.7. The molecule has 1 aromatic heterocycles. The first kappa shape index (κ1) is 21.4. The smallest absolute Gasteiger partial charge is 0.255 e. The number of carbonyl (C=O) groups is 1. The van der Waals surface area contributed by atoms with Gasteiger partial charge in [0.1, 0.15) is 5.82 Å². The standard InChI is InChI=1S/C27H24FN3O/c1-19-24(27(32)29-17-9-12-20-10-4-2-5-11-20)25(22-15-8-16-23(28)18-22)31-26(30-19)21-13-6-3-7-14-21/h2-8,10-11,13-16,18H,9,12,17H2,1H3,(H,29,32). The molecule has 0 radical (unpaired) electrons. The molecule has 32 heavy (non-hydrogen) atoms. The number of aromatic nitrogens is 2. The van der Waals surface area contributed by atoms with E-state index in [-0.39, 0.29) is 11.7 Å². The first-order valence-corrected chi connectivity index (χ1v) is 10.6. The molecule has 1 N–H and O–H groups in total. The number of carbonyl (C=O) groups excluding carboxylic acids is 1. The number of halogens is 1. The van der Waals surface area contributed by atoms with Gasteiger partial charge in [0.25, 0.3) is 5.91 Å². The van der Waals surface area contributed by atoms with Crippen LogP contribution >= 0.6 is 0 Å². The van der Waals surface area contributed by atoms with Crippen LogP contribution in [0.25, 0.3) is 22.6 Å². The van der Waals surface area contributed by atoms with E-state index in [1.165, 1.54) is 17.7 Å². The van der Waals surface area contributed by atoms with Gasteiger partial charge in [-0.1, -0.05) is 72.8 Å². The van der Waals surface area contributed by atoms with Gasteiger partial charge < -0.3 is 5.32 Å². The Morgan fingerprint density at radius 2 is 1.56 bits per heavy atom. The Hall–Kier alpha value is -3.86. The van der Waals surface area contributed by atoms with E-state index < -0.39 is 0 Å². The molecule has 0 saturated heterocycles. The molecule has 3 aromatic carbocycles. The molecule has 1 amide bonds. The molecule has 0 atom stereocenters. The lowest BCUT2D eigenvalue weighted by molar-refractivity contribution is 0.0952. The highest BCUT2D eigenvalue weighted by molar-refractivity contribution is 6.01. The lowest BCUT2D eigenvalue weighted by Gasteiger charge is -2.14. The van der Waals surface area contributed by atoms with Crippen molar-refractivity contribution in [3.8, 4) is 22.6 Å². The van der Waals surface area contributed by atoms with Crippen molar-refractivity contribution in [2.24, 2.45) is 0 Å². The van der Waals surface area contributed by atoms with Crippen LogP contribution in [0.2, 0.25) is 0 Å². The maximum absolute atomic E-state index is 14.0. The molecule has 0 aliphatic heterocycles. The van der Waals surface area contributed by atoms with Crippen LogP contribution in [0.1, 0.15) is 28.0 Å². The van der Waals surface area contributed by atoms with E-state index in [4.69, 9.17) is 0 Å². The quantitative estimate of drug-likeness (QED) is 0.391. The number of hydrogen-bond acceptors (Lipinski definition) is 3. The van der Waals surface area contributed by atoms with Crippen molar-refractivity contribution in [1.82, 2.24) is 15.3 Å². The Kier molecular flexibility index (Phi) is 6.66. The summed E-state index contributed by atoms with van der Waals surface area (Å²) in [5.41, 5.74) is 3.96. The topological polar surface area (TPSA) is 54.9 Å². The minimum absolute atomic E-state index is 0.255. The summed E-state index contributed by atoms with van der Waals surface area (Å²) in [4.78, 5) is 22.4. The van der Waals surface area contributed by atoms with E-state index >= 15 is 0 Å². The van der Waals surface area contributed by atoms with Gasteiger partial charge in [0.15, 0.2) is 5.82 Å². The zero-order chi connectivity index (χ0) is 22.3. The lowest BCUT2D eigenvalue weighted by atomic mass is 10.0. The minimum Gasteiger partial charge on any atom is -0.352 e. The van der Waals surface area contributed by atoms with Gasteiger partial charge in [-0.3, -0.25) is 4.79 Å². The highest BCUT2D eigenvalue weighted by atomic mass is 19.1. The van der Waals surface area contributed by atoms with Gasteiger partial charge in [0.2, 0.25) is 0 Å². The second kappa shape index (κ2) is 9.96. The van der Waals surface area contributed by atoms with Crippen LogP contribution < -0.4 is 5.32 Å². The maximum Gasteiger partial charge on any atom is 0.255 e. The van der Waals surface area contributed by atoms with Crippen LogP contribution in [0.5, 0.6) is 0 Å². The van der Waals surface area contributed by atoms with Crippen molar-refractivity contribution in [2.75, 3.05) is 6.54 Å².